The molecule has 0 amide bonds. The molecule has 0 aliphatic heterocycles. The molecule has 1 aromatic rings. The van der Waals surface area contributed by atoms with E-state index in [1.807, 2.05) is 0 Å². The quantitative estimate of drug-likeness (QED) is 0.615. The lowest BCUT2D eigenvalue weighted by molar-refractivity contribution is 0.0696. The number of nitrogens with zero attached hydrogens (tertiary/aromatic N) is 2. The number of carboxylic acid groups (broad SMARTS) is 1. The third kappa shape index (κ3) is 6.54. The molecule has 1 aromatic heterocycles. The Balaban J connectivity index is 2.32. The molecule has 2 N–H and O–H groups in total. The van der Waals surface area contributed by atoms with E-state index in [-0.39, 0.29) is 5.56 Å². The average Bonchev–Trinajstić information content (AvgIpc) is 2.52. The predicted octanol–water partition coefficient (Wildman–Crippen LogP) is 2.77. The number of rotatable bonds is 11. The summed E-state index contributed by atoms with van der Waals surface area (Å²) in [6, 6.07) is 3.70. The Hall–Kier alpha value is -1.46. The Morgan fingerprint density at radius 2 is 2.23 bits per heavy atom. The molecule has 0 fully saturated rings. The number of carbonyl (C=O) groups is 1. The van der Waals surface area contributed by atoms with E-state index in [9.17, 15) is 4.79 Å². The summed E-state index contributed by atoms with van der Waals surface area (Å²) >= 11 is 0. The van der Waals surface area contributed by atoms with Crippen molar-refractivity contribution in [2.45, 2.75) is 52.6 Å². The molecule has 1 heterocycles. The molecule has 0 aliphatic carbocycles. The van der Waals surface area contributed by atoms with Gasteiger partial charge < -0.3 is 15.3 Å². The van der Waals surface area contributed by atoms with E-state index in [4.69, 9.17) is 5.11 Å². The Morgan fingerprint density at radius 1 is 1.45 bits per heavy atom. The number of aromatic carboxylic acids is 1. The standard InChI is InChI=1S/C17H29N3O2/c1-4-6-11-20(5-2)14(3)7-9-18-13-16-12-15(17(21)22)8-10-19-16/h8,10,12,14,18H,4-7,9,11,13H2,1-3H3,(H,21,22). The van der Waals surface area contributed by atoms with Gasteiger partial charge in [-0.25, -0.2) is 4.79 Å². The molecular weight excluding hydrogens is 278 g/mol. The molecule has 0 spiro atoms. The molecular formula is C17H29N3O2. The van der Waals surface area contributed by atoms with Crippen molar-refractivity contribution in [3.05, 3.63) is 29.6 Å². The fraction of sp³-hybridized carbons (Fsp3) is 0.647. The van der Waals surface area contributed by atoms with E-state index in [0.29, 0.717) is 12.6 Å². The number of aromatic nitrogens is 1. The van der Waals surface area contributed by atoms with Gasteiger partial charge in [-0.15, -0.1) is 0 Å². The van der Waals surface area contributed by atoms with Gasteiger partial charge in [0.2, 0.25) is 0 Å². The normalized spacial score (nSPS) is 12.5. The van der Waals surface area contributed by atoms with Crippen LogP contribution in [-0.4, -0.2) is 46.6 Å². The summed E-state index contributed by atoms with van der Waals surface area (Å²) in [4.78, 5) is 17.6. The van der Waals surface area contributed by atoms with Gasteiger partial charge in [-0.3, -0.25) is 4.98 Å². The summed E-state index contributed by atoms with van der Waals surface area (Å²) in [6.45, 7) is 10.5. The van der Waals surface area contributed by atoms with Crippen molar-refractivity contribution >= 4 is 5.97 Å². The zero-order chi connectivity index (χ0) is 16.4. The minimum atomic E-state index is -0.910. The van der Waals surface area contributed by atoms with E-state index < -0.39 is 5.97 Å². The lowest BCUT2D eigenvalue weighted by atomic mass is 10.1. The molecule has 5 nitrogen and oxygen atoms in total. The second-order valence-corrected chi connectivity index (χ2v) is 5.64. The van der Waals surface area contributed by atoms with Gasteiger partial charge in [0.15, 0.2) is 0 Å². The van der Waals surface area contributed by atoms with Gasteiger partial charge in [-0.1, -0.05) is 20.3 Å². The highest BCUT2D eigenvalue weighted by molar-refractivity contribution is 5.87. The van der Waals surface area contributed by atoms with Crippen LogP contribution in [0, 0.1) is 0 Å². The molecule has 22 heavy (non-hydrogen) atoms. The van der Waals surface area contributed by atoms with Gasteiger partial charge in [0.25, 0.3) is 0 Å². The van der Waals surface area contributed by atoms with E-state index >= 15 is 0 Å². The van der Waals surface area contributed by atoms with Crippen molar-refractivity contribution in [1.82, 2.24) is 15.2 Å². The van der Waals surface area contributed by atoms with Crippen molar-refractivity contribution < 1.29 is 9.90 Å². The fourth-order valence-electron chi connectivity index (χ4n) is 2.47. The number of nitrogens with one attached hydrogen (secondary N) is 1. The maximum absolute atomic E-state index is 10.9. The number of pyridine rings is 1. The first-order chi connectivity index (χ1) is 10.6. The first-order valence-electron chi connectivity index (χ1n) is 8.21. The third-order valence-electron chi connectivity index (χ3n) is 3.94. The molecule has 0 aliphatic rings. The van der Waals surface area contributed by atoms with E-state index in [1.165, 1.54) is 18.9 Å². The molecule has 5 heteroatoms. The SMILES string of the molecule is CCCCN(CC)C(C)CCNCc1cc(C(=O)O)ccn1. The average molecular weight is 307 g/mol. The fourth-order valence-corrected chi connectivity index (χ4v) is 2.47. The minimum Gasteiger partial charge on any atom is -0.478 e. The van der Waals surface area contributed by atoms with Crippen LogP contribution in [0.15, 0.2) is 18.3 Å². The molecule has 0 radical (unpaired) electrons. The van der Waals surface area contributed by atoms with Crippen LogP contribution in [0.4, 0.5) is 0 Å². The van der Waals surface area contributed by atoms with E-state index in [0.717, 1.165) is 31.7 Å². The Kier molecular flexibility index (Phi) is 8.70. The molecule has 1 atom stereocenters. The highest BCUT2D eigenvalue weighted by atomic mass is 16.4. The Morgan fingerprint density at radius 3 is 2.86 bits per heavy atom. The summed E-state index contributed by atoms with van der Waals surface area (Å²) in [5.74, 6) is -0.910. The molecule has 1 unspecified atom stereocenters. The van der Waals surface area contributed by atoms with Crippen LogP contribution in [0.25, 0.3) is 0 Å². The van der Waals surface area contributed by atoms with Gasteiger partial charge in [0.05, 0.1) is 11.3 Å². The molecule has 0 aromatic carbocycles. The van der Waals surface area contributed by atoms with Crippen molar-refractivity contribution in [2.24, 2.45) is 0 Å². The maximum Gasteiger partial charge on any atom is 0.335 e. The topological polar surface area (TPSA) is 65.5 Å². The lowest BCUT2D eigenvalue weighted by Gasteiger charge is -2.27. The van der Waals surface area contributed by atoms with Gasteiger partial charge in [-0.05, 0) is 51.5 Å². The predicted molar refractivity (Wildman–Crippen MR) is 89.1 cm³/mol. The van der Waals surface area contributed by atoms with Crippen LogP contribution in [0.5, 0.6) is 0 Å². The van der Waals surface area contributed by atoms with Crippen molar-refractivity contribution in [2.75, 3.05) is 19.6 Å². The number of unbranched alkanes of at least 4 members (excludes halogenated alkanes) is 1. The number of carboxylic acids is 1. The van der Waals surface area contributed by atoms with Crippen LogP contribution >= 0.6 is 0 Å². The summed E-state index contributed by atoms with van der Waals surface area (Å²) in [5, 5.41) is 12.3. The molecule has 0 bridgehead atoms. The Labute approximate surface area is 133 Å². The molecule has 0 saturated heterocycles. The van der Waals surface area contributed by atoms with Gasteiger partial charge in [-0.2, -0.15) is 0 Å². The molecule has 124 valence electrons. The van der Waals surface area contributed by atoms with E-state index in [2.05, 4.69) is 36.0 Å². The van der Waals surface area contributed by atoms with Crippen LogP contribution in [0.2, 0.25) is 0 Å². The number of hydrogen-bond acceptors (Lipinski definition) is 4. The Bertz CT molecular complexity index is 451. The first kappa shape index (κ1) is 18.6. The summed E-state index contributed by atoms with van der Waals surface area (Å²) < 4.78 is 0. The van der Waals surface area contributed by atoms with Crippen molar-refractivity contribution in [1.29, 1.82) is 0 Å². The second-order valence-electron chi connectivity index (χ2n) is 5.64. The minimum absolute atomic E-state index is 0.289. The maximum atomic E-state index is 10.9. The second kappa shape index (κ2) is 10.3. The van der Waals surface area contributed by atoms with Gasteiger partial charge in [0.1, 0.15) is 0 Å². The summed E-state index contributed by atoms with van der Waals surface area (Å²) in [6.07, 6.45) is 5.10. The largest absolute Gasteiger partial charge is 0.478 e. The van der Waals surface area contributed by atoms with Gasteiger partial charge in [0, 0.05) is 18.8 Å². The highest BCUT2D eigenvalue weighted by Gasteiger charge is 2.11. The van der Waals surface area contributed by atoms with Crippen LogP contribution in [0.1, 0.15) is 56.1 Å². The van der Waals surface area contributed by atoms with E-state index in [1.54, 1.807) is 12.3 Å². The van der Waals surface area contributed by atoms with Crippen LogP contribution in [-0.2, 0) is 6.54 Å². The first-order valence-corrected chi connectivity index (χ1v) is 8.21. The lowest BCUT2D eigenvalue weighted by Crippen LogP contribution is -2.36. The highest BCUT2D eigenvalue weighted by Crippen LogP contribution is 2.06. The monoisotopic (exact) mass is 307 g/mol. The third-order valence-corrected chi connectivity index (χ3v) is 3.94. The van der Waals surface area contributed by atoms with Crippen LogP contribution in [0.3, 0.4) is 0 Å². The van der Waals surface area contributed by atoms with Gasteiger partial charge >= 0.3 is 5.97 Å². The smallest absolute Gasteiger partial charge is 0.335 e. The number of hydrogen-bond donors (Lipinski definition) is 2. The summed E-state index contributed by atoms with van der Waals surface area (Å²) in [7, 11) is 0. The molecule has 1 rings (SSSR count). The zero-order valence-electron chi connectivity index (χ0n) is 14.0. The van der Waals surface area contributed by atoms with Crippen LogP contribution < -0.4 is 5.32 Å². The molecule has 0 saturated carbocycles. The zero-order valence-corrected chi connectivity index (χ0v) is 14.0. The van der Waals surface area contributed by atoms with Crippen molar-refractivity contribution in [3.63, 3.8) is 0 Å². The summed E-state index contributed by atoms with van der Waals surface area (Å²) in [5.41, 5.74) is 1.06. The van der Waals surface area contributed by atoms with Crippen molar-refractivity contribution in [3.8, 4) is 0 Å².